The molecule has 0 saturated heterocycles. The number of amides is 2. The first-order chi connectivity index (χ1) is 17.6. The van der Waals surface area contributed by atoms with Crippen molar-refractivity contribution in [3.8, 4) is 5.75 Å². The molecule has 1 heterocycles. The Morgan fingerprint density at radius 3 is 2.49 bits per heavy atom. The smallest absolute Gasteiger partial charge is 0.253 e. The van der Waals surface area contributed by atoms with Crippen molar-refractivity contribution < 1.29 is 14.3 Å². The van der Waals surface area contributed by atoms with Gasteiger partial charge in [-0.05, 0) is 42.3 Å². The van der Waals surface area contributed by atoms with Crippen LogP contribution in [-0.4, -0.2) is 39.4 Å². The summed E-state index contributed by atoms with van der Waals surface area (Å²) in [5.74, 6) is 0.427. The molecule has 37 heavy (non-hydrogen) atoms. The van der Waals surface area contributed by atoms with Gasteiger partial charge in [-0.25, -0.2) is 0 Å². The highest BCUT2D eigenvalue weighted by atomic mass is 35.5. The van der Waals surface area contributed by atoms with Crippen molar-refractivity contribution in [3.05, 3.63) is 75.5 Å². The van der Waals surface area contributed by atoms with E-state index in [9.17, 15) is 9.59 Å². The zero-order valence-corrected chi connectivity index (χ0v) is 23.5. The minimum Gasteiger partial charge on any atom is -0.495 e. The summed E-state index contributed by atoms with van der Waals surface area (Å²) >= 11 is 19.4. The van der Waals surface area contributed by atoms with Gasteiger partial charge >= 0.3 is 0 Å². The van der Waals surface area contributed by atoms with Crippen LogP contribution in [0.3, 0.4) is 0 Å². The van der Waals surface area contributed by atoms with Gasteiger partial charge in [-0.3, -0.25) is 9.59 Å². The molecular formula is C25H26Cl3N5O3S. The molecule has 2 amide bonds. The predicted molar refractivity (Wildman–Crippen MR) is 149 cm³/mol. The van der Waals surface area contributed by atoms with E-state index < -0.39 is 6.04 Å². The van der Waals surface area contributed by atoms with E-state index in [4.69, 9.17) is 39.5 Å². The fourth-order valence-corrected chi connectivity index (χ4v) is 4.88. The molecule has 0 saturated carbocycles. The lowest BCUT2D eigenvalue weighted by Gasteiger charge is -2.23. The first-order valence-electron chi connectivity index (χ1n) is 11.2. The molecule has 8 nitrogen and oxygen atoms in total. The van der Waals surface area contributed by atoms with E-state index in [0.717, 1.165) is 0 Å². The maximum absolute atomic E-state index is 13.0. The standard InChI is InChI=1S/C25H26Cl3N5O3S/c1-5-10-33-23(22(14(2)3)30-24(35)17-8-6-15(26)11-18(17)28)31-32-25(33)37-13-21(34)29-19-12-16(27)7-9-20(19)36-4/h5-9,11-12,14,22H,1,10,13H2,2-4H3,(H,29,34)(H,30,35)/t22-/m1/s1. The van der Waals surface area contributed by atoms with E-state index in [1.807, 2.05) is 18.4 Å². The lowest BCUT2D eigenvalue weighted by atomic mass is 10.0. The number of aromatic nitrogens is 3. The van der Waals surface area contributed by atoms with Gasteiger partial charge in [0.05, 0.1) is 35.2 Å². The van der Waals surface area contributed by atoms with Crippen LogP contribution in [0.1, 0.15) is 36.1 Å². The van der Waals surface area contributed by atoms with Crippen LogP contribution in [0.4, 0.5) is 5.69 Å². The molecule has 12 heteroatoms. The second-order valence-corrected chi connectivity index (χ2v) is 10.5. The molecule has 0 aliphatic rings. The second kappa shape index (κ2) is 13.2. The van der Waals surface area contributed by atoms with Crippen molar-refractivity contribution >= 4 is 64.1 Å². The monoisotopic (exact) mass is 581 g/mol. The number of carbonyl (C=O) groups is 2. The molecule has 3 rings (SSSR count). The van der Waals surface area contributed by atoms with Gasteiger partial charge in [-0.1, -0.05) is 66.5 Å². The van der Waals surface area contributed by atoms with Gasteiger partial charge in [0.1, 0.15) is 5.75 Å². The highest BCUT2D eigenvalue weighted by Gasteiger charge is 2.27. The van der Waals surface area contributed by atoms with E-state index in [1.165, 1.54) is 24.9 Å². The van der Waals surface area contributed by atoms with Crippen LogP contribution >= 0.6 is 46.6 Å². The van der Waals surface area contributed by atoms with Crippen molar-refractivity contribution in [3.63, 3.8) is 0 Å². The quantitative estimate of drug-likeness (QED) is 0.204. The van der Waals surface area contributed by atoms with E-state index in [0.29, 0.717) is 44.6 Å². The Morgan fingerprint density at radius 2 is 1.84 bits per heavy atom. The van der Waals surface area contributed by atoms with Crippen molar-refractivity contribution in [1.82, 2.24) is 20.1 Å². The molecule has 0 radical (unpaired) electrons. The molecule has 196 valence electrons. The van der Waals surface area contributed by atoms with Crippen LogP contribution in [0.15, 0.2) is 54.2 Å². The van der Waals surface area contributed by atoms with Crippen molar-refractivity contribution in [2.75, 3.05) is 18.2 Å². The summed E-state index contributed by atoms with van der Waals surface area (Å²) in [6.07, 6.45) is 1.70. The van der Waals surface area contributed by atoms with Crippen LogP contribution in [0.5, 0.6) is 5.75 Å². The van der Waals surface area contributed by atoms with Gasteiger partial charge in [0.25, 0.3) is 5.91 Å². The predicted octanol–water partition coefficient (Wildman–Crippen LogP) is 6.29. The number of halogens is 3. The number of nitrogens with zero attached hydrogens (tertiary/aromatic N) is 3. The van der Waals surface area contributed by atoms with E-state index in [1.54, 1.807) is 36.4 Å². The third-order valence-corrected chi connectivity index (χ3v) is 6.98. The Morgan fingerprint density at radius 1 is 1.14 bits per heavy atom. The second-order valence-electron chi connectivity index (χ2n) is 8.24. The minimum atomic E-state index is -0.481. The molecule has 0 bridgehead atoms. The molecule has 0 aliphatic heterocycles. The number of anilines is 1. The Bertz CT molecular complexity index is 1300. The van der Waals surface area contributed by atoms with E-state index in [-0.39, 0.29) is 28.5 Å². The molecule has 1 atom stereocenters. The van der Waals surface area contributed by atoms with Crippen LogP contribution in [-0.2, 0) is 11.3 Å². The molecule has 0 fully saturated rings. The van der Waals surface area contributed by atoms with Gasteiger partial charge in [0.15, 0.2) is 11.0 Å². The Balaban J connectivity index is 1.78. The molecule has 2 aromatic carbocycles. The maximum atomic E-state index is 13.0. The maximum Gasteiger partial charge on any atom is 0.253 e. The number of ether oxygens (including phenoxy) is 1. The normalized spacial score (nSPS) is 11.8. The third kappa shape index (κ3) is 7.41. The average molecular weight is 583 g/mol. The van der Waals surface area contributed by atoms with Crippen molar-refractivity contribution in [1.29, 1.82) is 0 Å². The first-order valence-corrected chi connectivity index (χ1v) is 13.3. The van der Waals surface area contributed by atoms with Crippen LogP contribution < -0.4 is 15.4 Å². The number of allylic oxidation sites excluding steroid dienone is 1. The third-order valence-electron chi connectivity index (χ3n) is 5.23. The largest absolute Gasteiger partial charge is 0.495 e. The number of rotatable bonds is 11. The molecule has 0 spiro atoms. The molecule has 2 N–H and O–H groups in total. The summed E-state index contributed by atoms with van der Waals surface area (Å²) < 4.78 is 7.10. The number of benzene rings is 2. The molecule has 1 aromatic heterocycles. The fourth-order valence-electron chi connectivity index (χ4n) is 3.45. The van der Waals surface area contributed by atoms with Gasteiger partial charge in [-0.2, -0.15) is 0 Å². The lowest BCUT2D eigenvalue weighted by Crippen LogP contribution is -2.34. The highest BCUT2D eigenvalue weighted by molar-refractivity contribution is 7.99. The van der Waals surface area contributed by atoms with E-state index in [2.05, 4.69) is 27.4 Å². The SMILES string of the molecule is C=CCn1c(SCC(=O)Nc2cc(Cl)ccc2OC)nnc1[C@H](NC(=O)c1ccc(Cl)cc1Cl)C(C)C. The van der Waals surface area contributed by atoms with Crippen molar-refractivity contribution in [2.24, 2.45) is 5.92 Å². The van der Waals surface area contributed by atoms with Crippen molar-refractivity contribution in [2.45, 2.75) is 31.6 Å². The molecule has 3 aromatic rings. The summed E-state index contributed by atoms with van der Waals surface area (Å²) in [6, 6.07) is 9.17. The number of methoxy groups -OCH3 is 1. The molecular weight excluding hydrogens is 557 g/mol. The first kappa shape index (κ1) is 28.8. The summed E-state index contributed by atoms with van der Waals surface area (Å²) in [7, 11) is 1.51. The zero-order chi connectivity index (χ0) is 27.1. The lowest BCUT2D eigenvalue weighted by molar-refractivity contribution is -0.113. The van der Waals surface area contributed by atoms with Gasteiger partial charge < -0.3 is 19.9 Å². The molecule has 0 unspecified atom stereocenters. The van der Waals surface area contributed by atoms with Gasteiger partial charge in [0, 0.05) is 16.6 Å². The molecule has 0 aliphatic carbocycles. The Kier molecular flexibility index (Phi) is 10.3. The summed E-state index contributed by atoms with van der Waals surface area (Å²) in [4.78, 5) is 25.7. The van der Waals surface area contributed by atoms with Crippen LogP contribution in [0, 0.1) is 5.92 Å². The number of hydrogen-bond acceptors (Lipinski definition) is 6. The average Bonchev–Trinajstić information content (AvgIpc) is 3.23. The number of hydrogen-bond donors (Lipinski definition) is 2. The zero-order valence-electron chi connectivity index (χ0n) is 20.4. The van der Waals surface area contributed by atoms with Crippen LogP contribution in [0.25, 0.3) is 0 Å². The fraction of sp³-hybridized carbons (Fsp3) is 0.280. The highest BCUT2D eigenvalue weighted by Crippen LogP contribution is 2.29. The summed E-state index contributed by atoms with van der Waals surface area (Å²) in [5.41, 5.74) is 0.770. The topological polar surface area (TPSA) is 98.1 Å². The summed E-state index contributed by atoms with van der Waals surface area (Å²) in [5, 5.41) is 16.1. The number of thioether (sulfide) groups is 1. The van der Waals surface area contributed by atoms with Gasteiger partial charge in [-0.15, -0.1) is 16.8 Å². The van der Waals surface area contributed by atoms with Crippen LogP contribution in [0.2, 0.25) is 15.1 Å². The Labute approximate surface area is 234 Å². The van der Waals surface area contributed by atoms with Gasteiger partial charge in [0.2, 0.25) is 5.91 Å². The number of nitrogens with one attached hydrogen (secondary N) is 2. The summed E-state index contributed by atoms with van der Waals surface area (Å²) in [6.45, 7) is 8.12. The Hall–Kier alpha value is -2.72. The number of carbonyl (C=O) groups excluding carboxylic acids is 2. The minimum absolute atomic E-state index is 0.0285. The van der Waals surface area contributed by atoms with E-state index >= 15 is 0 Å².